The van der Waals surface area contributed by atoms with Crippen molar-refractivity contribution in [1.29, 1.82) is 0 Å². The van der Waals surface area contributed by atoms with Gasteiger partial charge in [-0.15, -0.1) is 0 Å². The Labute approximate surface area is 81.8 Å². The van der Waals surface area contributed by atoms with Crippen LogP contribution in [0.1, 0.15) is 17.0 Å². The molecule has 5 nitrogen and oxygen atoms in total. The molecule has 1 aromatic rings. The maximum atomic E-state index is 11.3. The Hall–Kier alpha value is -1.36. The van der Waals surface area contributed by atoms with E-state index in [2.05, 4.69) is 5.16 Å². The van der Waals surface area contributed by atoms with Crippen LogP contribution in [-0.2, 0) is 11.3 Å². The molecule has 1 unspecified atom stereocenters. The number of rotatable bonds is 2. The van der Waals surface area contributed by atoms with Gasteiger partial charge in [-0.05, 0) is 13.8 Å². The molecule has 0 spiro atoms. The molecule has 1 aliphatic rings. The van der Waals surface area contributed by atoms with E-state index in [4.69, 9.17) is 10.3 Å². The number of nitrogens with two attached hydrogens (primary N) is 1. The number of nitrogens with zero attached hydrogens (tertiary/aromatic N) is 2. The second-order valence-electron chi connectivity index (χ2n) is 3.63. The van der Waals surface area contributed by atoms with Crippen molar-refractivity contribution < 1.29 is 9.32 Å². The average molecular weight is 195 g/mol. The molecule has 5 heteroatoms. The van der Waals surface area contributed by atoms with E-state index >= 15 is 0 Å². The molecule has 1 amide bonds. The van der Waals surface area contributed by atoms with Crippen molar-refractivity contribution in [2.24, 2.45) is 5.73 Å². The van der Waals surface area contributed by atoms with Gasteiger partial charge in [-0.25, -0.2) is 0 Å². The molecule has 2 heterocycles. The molecule has 2 rings (SSSR count). The Morgan fingerprint density at radius 3 is 2.79 bits per heavy atom. The first-order valence-electron chi connectivity index (χ1n) is 4.55. The third-order valence-corrected chi connectivity index (χ3v) is 2.58. The highest BCUT2D eigenvalue weighted by molar-refractivity contribution is 5.87. The summed E-state index contributed by atoms with van der Waals surface area (Å²) in [5, 5.41) is 3.83. The first-order chi connectivity index (χ1) is 6.59. The van der Waals surface area contributed by atoms with Crippen molar-refractivity contribution in [1.82, 2.24) is 10.1 Å². The summed E-state index contributed by atoms with van der Waals surface area (Å²) in [7, 11) is 0. The molecule has 0 aliphatic carbocycles. The fourth-order valence-corrected chi connectivity index (χ4v) is 1.59. The zero-order valence-electron chi connectivity index (χ0n) is 8.28. The third kappa shape index (κ3) is 1.29. The van der Waals surface area contributed by atoms with Crippen LogP contribution in [0.5, 0.6) is 0 Å². The van der Waals surface area contributed by atoms with Gasteiger partial charge in [0.05, 0.1) is 12.2 Å². The number of β-lactam (4-membered cyclic amide) rings is 1. The molecule has 0 aromatic carbocycles. The highest BCUT2D eigenvalue weighted by Crippen LogP contribution is 2.18. The van der Waals surface area contributed by atoms with E-state index in [1.165, 1.54) is 0 Å². The van der Waals surface area contributed by atoms with Crippen molar-refractivity contribution in [2.45, 2.75) is 26.4 Å². The number of amides is 1. The van der Waals surface area contributed by atoms with Crippen molar-refractivity contribution in [2.75, 3.05) is 6.54 Å². The van der Waals surface area contributed by atoms with E-state index in [9.17, 15) is 4.79 Å². The molecular formula is C9H13N3O2. The van der Waals surface area contributed by atoms with Crippen LogP contribution in [0.2, 0.25) is 0 Å². The van der Waals surface area contributed by atoms with Crippen LogP contribution in [0.25, 0.3) is 0 Å². The minimum absolute atomic E-state index is 0.00463. The van der Waals surface area contributed by atoms with Gasteiger partial charge in [0.25, 0.3) is 0 Å². The van der Waals surface area contributed by atoms with E-state index in [0.717, 1.165) is 17.0 Å². The summed E-state index contributed by atoms with van der Waals surface area (Å²) >= 11 is 0. The second kappa shape index (κ2) is 3.09. The van der Waals surface area contributed by atoms with Gasteiger partial charge in [0.2, 0.25) is 5.91 Å². The second-order valence-corrected chi connectivity index (χ2v) is 3.63. The van der Waals surface area contributed by atoms with E-state index in [0.29, 0.717) is 13.1 Å². The smallest absolute Gasteiger partial charge is 0.241 e. The Kier molecular flexibility index (Phi) is 2.03. The van der Waals surface area contributed by atoms with Gasteiger partial charge in [0.1, 0.15) is 11.8 Å². The Balaban J connectivity index is 2.09. The molecule has 0 bridgehead atoms. The molecule has 0 saturated carbocycles. The van der Waals surface area contributed by atoms with Gasteiger partial charge in [-0.1, -0.05) is 5.16 Å². The number of likely N-dealkylation sites (tertiary alicyclic amines) is 1. The summed E-state index contributed by atoms with van der Waals surface area (Å²) in [5.74, 6) is 0.778. The molecule has 76 valence electrons. The van der Waals surface area contributed by atoms with Crippen LogP contribution < -0.4 is 5.73 Å². The maximum Gasteiger partial charge on any atom is 0.241 e. The lowest BCUT2D eigenvalue weighted by Gasteiger charge is -2.35. The first-order valence-corrected chi connectivity index (χ1v) is 4.55. The number of hydrogen-bond acceptors (Lipinski definition) is 4. The number of carbonyl (C=O) groups excluding carboxylic acids is 1. The highest BCUT2D eigenvalue weighted by Gasteiger charge is 2.34. The van der Waals surface area contributed by atoms with Gasteiger partial charge < -0.3 is 15.2 Å². The predicted molar refractivity (Wildman–Crippen MR) is 49.4 cm³/mol. The monoisotopic (exact) mass is 195 g/mol. The van der Waals surface area contributed by atoms with Crippen LogP contribution in [-0.4, -0.2) is 28.6 Å². The SMILES string of the molecule is Cc1noc(C)c1CN1CC(N)C1=O. The molecule has 14 heavy (non-hydrogen) atoms. The van der Waals surface area contributed by atoms with Crippen LogP contribution >= 0.6 is 0 Å². The minimum Gasteiger partial charge on any atom is -0.361 e. The molecule has 2 N–H and O–H groups in total. The lowest BCUT2D eigenvalue weighted by Crippen LogP contribution is -2.60. The number of carbonyl (C=O) groups is 1. The lowest BCUT2D eigenvalue weighted by molar-refractivity contribution is -0.143. The minimum atomic E-state index is -0.310. The fourth-order valence-electron chi connectivity index (χ4n) is 1.59. The number of aryl methyl sites for hydroxylation is 2. The van der Waals surface area contributed by atoms with E-state index in [-0.39, 0.29) is 11.9 Å². The maximum absolute atomic E-state index is 11.3. The van der Waals surface area contributed by atoms with Crippen molar-refractivity contribution in [3.05, 3.63) is 17.0 Å². The summed E-state index contributed by atoms with van der Waals surface area (Å²) < 4.78 is 5.01. The Morgan fingerprint density at radius 2 is 2.36 bits per heavy atom. The normalized spacial score (nSPS) is 21.2. The standard InChI is InChI=1S/C9H13N3O2/c1-5-7(6(2)14-11-5)3-12-4-8(10)9(12)13/h8H,3-4,10H2,1-2H3. The van der Waals surface area contributed by atoms with E-state index in [1.54, 1.807) is 4.90 Å². The van der Waals surface area contributed by atoms with E-state index < -0.39 is 0 Å². The summed E-state index contributed by atoms with van der Waals surface area (Å²) in [5.41, 5.74) is 7.32. The fraction of sp³-hybridized carbons (Fsp3) is 0.556. The molecule has 1 atom stereocenters. The molecule has 1 fully saturated rings. The molecule has 0 radical (unpaired) electrons. The lowest BCUT2D eigenvalue weighted by atomic mass is 10.1. The number of aromatic nitrogens is 1. The molecule has 1 saturated heterocycles. The van der Waals surface area contributed by atoms with Crippen LogP contribution in [0, 0.1) is 13.8 Å². The van der Waals surface area contributed by atoms with Crippen molar-refractivity contribution in [3.63, 3.8) is 0 Å². The summed E-state index contributed by atoms with van der Waals surface area (Å²) in [6, 6.07) is -0.310. The highest BCUT2D eigenvalue weighted by atomic mass is 16.5. The summed E-state index contributed by atoms with van der Waals surface area (Å²) in [6.45, 7) is 4.91. The first kappa shape index (κ1) is 9.21. The van der Waals surface area contributed by atoms with Crippen molar-refractivity contribution >= 4 is 5.91 Å². The molecule has 1 aromatic heterocycles. The van der Waals surface area contributed by atoms with Gasteiger partial charge >= 0.3 is 0 Å². The third-order valence-electron chi connectivity index (χ3n) is 2.58. The van der Waals surface area contributed by atoms with Crippen LogP contribution in [0.15, 0.2) is 4.52 Å². The van der Waals surface area contributed by atoms with Crippen molar-refractivity contribution in [3.8, 4) is 0 Å². The Morgan fingerprint density at radius 1 is 1.64 bits per heavy atom. The summed E-state index contributed by atoms with van der Waals surface area (Å²) in [6.07, 6.45) is 0. The van der Waals surface area contributed by atoms with Gasteiger partial charge in [0, 0.05) is 12.1 Å². The van der Waals surface area contributed by atoms with Crippen LogP contribution in [0.4, 0.5) is 0 Å². The predicted octanol–water partition coefficient (Wildman–Crippen LogP) is -0.0391. The Bertz CT molecular complexity index is 353. The number of hydrogen-bond donors (Lipinski definition) is 1. The van der Waals surface area contributed by atoms with Gasteiger partial charge in [-0.3, -0.25) is 4.79 Å². The topological polar surface area (TPSA) is 72.4 Å². The quantitative estimate of drug-likeness (QED) is 0.672. The van der Waals surface area contributed by atoms with Gasteiger partial charge in [-0.2, -0.15) is 0 Å². The molecule has 1 aliphatic heterocycles. The molecular weight excluding hydrogens is 182 g/mol. The van der Waals surface area contributed by atoms with Gasteiger partial charge in [0.15, 0.2) is 0 Å². The largest absolute Gasteiger partial charge is 0.361 e. The zero-order valence-corrected chi connectivity index (χ0v) is 8.28. The van der Waals surface area contributed by atoms with E-state index in [1.807, 2.05) is 13.8 Å². The zero-order chi connectivity index (χ0) is 10.3. The summed E-state index contributed by atoms with van der Waals surface area (Å²) in [4.78, 5) is 13.0. The van der Waals surface area contributed by atoms with Crippen LogP contribution in [0.3, 0.4) is 0 Å². The average Bonchev–Trinajstić information content (AvgIpc) is 2.48.